The van der Waals surface area contributed by atoms with Gasteiger partial charge in [0.15, 0.2) is 6.10 Å². The number of anilines is 1. The number of sulfonamides is 1. The first-order valence-electron chi connectivity index (χ1n) is 10.0. The molecule has 1 unspecified atom stereocenters. The molecule has 168 valence electrons. The Bertz CT molecular complexity index is 1000. The maximum Gasteiger partial charge on any atom is 0.306 e. The molecule has 2 aromatic rings. The third-order valence-electron chi connectivity index (χ3n) is 4.65. The number of ether oxygens (including phenoxy) is 1. The monoisotopic (exact) mass is 450 g/mol. The zero-order valence-electron chi connectivity index (χ0n) is 17.8. The smallest absolute Gasteiger partial charge is 0.306 e. The van der Waals surface area contributed by atoms with E-state index in [0.717, 1.165) is 11.6 Å². The number of nitrogens with one attached hydrogen (secondary N) is 1. The topological polar surface area (TPSA) is 92.8 Å². The molecule has 0 bridgehead atoms. The van der Waals surface area contributed by atoms with Crippen molar-refractivity contribution >= 4 is 27.6 Å². The van der Waals surface area contributed by atoms with E-state index in [4.69, 9.17) is 4.74 Å². The maximum atomic E-state index is 13.2. The Morgan fingerprint density at radius 1 is 1.10 bits per heavy atom. The summed E-state index contributed by atoms with van der Waals surface area (Å²) in [7, 11) is -3.53. The SMILES string of the molecule is CCN(CC)S(=O)(=O)c1ccc(CCC(=O)OC(C)C(=O)Nc2cccc(F)c2)cc1. The van der Waals surface area contributed by atoms with E-state index in [1.54, 1.807) is 26.0 Å². The standard InChI is InChI=1S/C22H27FN2O5S/c1-4-25(5-2)31(28,29)20-12-9-17(10-13-20)11-14-21(26)30-16(3)22(27)24-19-8-6-7-18(23)15-19/h6-10,12-13,15-16H,4-5,11,14H2,1-3H3,(H,24,27). The summed E-state index contributed by atoms with van der Waals surface area (Å²) < 4.78 is 44.7. The molecule has 1 amide bonds. The van der Waals surface area contributed by atoms with Crippen molar-refractivity contribution in [2.24, 2.45) is 0 Å². The average Bonchev–Trinajstić information content (AvgIpc) is 2.73. The molecular formula is C22H27FN2O5S. The molecule has 0 fully saturated rings. The van der Waals surface area contributed by atoms with Crippen LogP contribution in [-0.4, -0.2) is 43.8 Å². The number of halogens is 1. The Morgan fingerprint density at radius 3 is 2.32 bits per heavy atom. The van der Waals surface area contributed by atoms with Gasteiger partial charge >= 0.3 is 5.97 Å². The highest BCUT2D eigenvalue weighted by atomic mass is 32.2. The molecular weight excluding hydrogens is 423 g/mol. The number of amides is 1. The molecule has 9 heteroatoms. The van der Waals surface area contributed by atoms with Crippen molar-refractivity contribution in [1.82, 2.24) is 4.31 Å². The number of hydrogen-bond acceptors (Lipinski definition) is 5. The summed E-state index contributed by atoms with van der Waals surface area (Å²) in [6.07, 6.45) is -0.681. The van der Waals surface area contributed by atoms with Crippen LogP contribution in [0.3, 0.4) is 0 Å². The summed E-state index contributed by atoms with van der Waals surface area (Å²) in [5.41, 5.74) is 1.04. The van der Waals surface area contributed by atoms with E-state index in [2.05, 4.69) is 5.32 Å². The average molecular weight is 451 g/mol. The lowest BCUT2D eigenvalue weighted by Crippen LogP contribution is -2.30. The second-order valence-corrected chi connectivity index (χ2v) is 8.80. The minimum atomic E-state index is -3.53. The number of rotatable bonds is 10. The van der Waals surface area contributed by atoms with Gasteiger partial charge in [0.25, 0.3) is 5.91 Å². The van der Waals surface area contributed by atoms with Crippen LogP contribution in [-0.2, 0) is 30.8 Å². The maximum absolute atomic E-state index is 13.2. The Kier molecular flexibility index (Phi) is 8.70. The van der Waals surface area contributed by atoms with Gasteiger partial charge in [-0.3, -0.25) is 9.59 Å². The molecule has 0 spiro atoms. The highest BCUT2D eigenvalue weighted by Gasteiger charge is 2.21. The normalized spacial score (nSPS) is 12.4. The molecule has 7 nitrogen and oxygen atoms in total. The van der Waals surface area contributed by atoms with Crippen molar-refractivity contribution in [3.63, 3.8) is 0 Å². The Balaban J connectivity index is 1.87. The predicted molar refractivity (Wildman–Crippen MR) is 115 cm³/mol. The lowest BCUT2D eigenvalue weighted by atomic mass is 10.1. The largest absolute Gasteiger partial charge is 0.453 e. The summed E-state index contributed by atoms with van der Waals surface area (Å²) in [5.74, 6) is -1.62. The Morgan fingerprint density at radius 2 is 1.74 bits per heavy atom. The second-order valence-electron chi connectivity index (χ2n) is 6.86. The lowest BCUT2D eigenvalue weighted by Gasteiger charge is -2.18. The van der Waals surface area contributed by atoms with E-state index in [-0.39, 0.29) is 17.0 Å². The van der Waals surface area contributed by atoms with Crippen LogP contribution in [0.2, 0.25) is 0 Å². The summed E-state index contributed by atoms with van der Waals surface area (Å²) >= 11 is 0. The first-order valence-corrected chi connectivity index (χ1v) is 11.5. The Hall–Kier alpha value is -2.78. The zero-order valence-corrected chi connectivity index (χ0v) is 18.6. The lowest BCUT2D eigenvalue weighted by molar-refractivity contribution is -0.153. The minimum Gasteiger partial charge on any atom is -0.453 e. The van der Waals surface area contributed by atoms with Gasteiger partial charge in [0.2, 0.25) is 10.0 Å². The molecule has 0 radical (unpaired) electrons. The summed E-state index contributed by atoms with van der Waals surface area (Å²) in [5, 5.41) is 2.48. The van der Waals surface area contributed by atoms with Crippen LogP contribution in [0.5, 0.6) is 0 Å². The van der Waals surface area contributed by atoms with E-state index in [0.29, 0.717) is 19.5 Å². The molecule has 0 saturated carbocycles. The van der Waals surface area contributed by atoms with Crippen molar-refractivity contribution < 1.29 is 27.1 Å². The fourth-order valence-corrected chi connectivity index (χ4v) is 4.36. The third kappa shape index (κ3) is 6.86. The molecule has 0 saturated heterocycles. The summed E-state index contributed by atoms with van der Waals surface area (Å²) in [4.78, 5) is 24.4. The second kappa shape index (κ2) is 11.0. The fourth-order valence-electron chi connectivity index (χ4n) is 2.91. The van der Waals surface area contributed by atoms with Crippen LogP contribution in [0.25, 0.3) is 0 Å². The Labute approximate surface area is 182 Å². The zero-order chi connectivity index (χ0) is 23.0. The van der Waals surface area contributed by atoms with Crippen LogP contribution in [0.15, 0.2) is 53.4 Å². The van der Waals surface area contributed by atoms with Crippen LogP contribution < -0.4 is 5.32 Å². The molecule has 0 aliphatic carbocycles. The molecule has 0 aromatic heterocycles. The highest BCUT2D eigenvalue weighted by Crippen LogP contribution is 2.17. The van der Waals surface area contributed by atoms with E-state index in [1.165, 1.54) is 41.6 Å². The van der Waals surface area contributed by atoms with Gasteiger partial charge in [-0.2, -0.15) is 4.31 Å². The number of hydrogen-bond donors (Lipinski definition) is 1. The number of esters is 1. The molecule has 1 atom stereocenters. The fraction of sp³-hybridized carbons (Fsp3) is 0.364. The molecule has 2 aromatic carbocycles. The quantitative estimate of drug-likeness (QED) is 0.561. The van der Waals surface area contributed by atoms with E-state index < -0.39 is 33.8 Å². The van der Waals surface area contributed by atoms with Crippen LogP contribution in [0.4, 0.5) is 10.1 Å². The van der Waals surface area contributed by atoms with Crippen molar-refractivity contribution in [3.05, 3.63) is 59.9 Å². The van der Waals surface area contributed by atoms with E-state index >= 15 is 0 Å². The highest BCUT2D eigenvalue weighted by molar-refractivity contribution is 7.89. The van der Waals surface area contributed by atoms with E-state index in [1.807, 2.05) is 0 Å². The van der Waals surface area contributed by atoms with Crippen LogP contribution >= 0.6 is 0 Å². The molecule has 1 N–H and O–H groups in total. The first-order chi connectivity index (χ1) is 14.7. The van der Waals surface area contributed by atoms with Crippen molar-refractivity contribution in [2.75, 3.05) is 18.4 Å². The first kappa shape index (κ1) is 24.5. The van der Waals surface area contributed by atoms with Gasteiger partial charge in [0.05, 0.1) is 4.90 Å². The molecule has 2 rings (SSSR count). The number of carbonyl (C=O) groups is 2. The number of carbonyl (C=O) groups excluding carboxylic acids is 2. The molecule has 31 heavy (non-hydrogen) atoms. The van der Waals surface area contributed by atoms with Crippen molar-refractivity contribution in [2.45, 2.75) is 44.6 Å². The van der Waals surface area contributed by atoms with Gasteiger partial charge in [-0.05, 0) is 49.2 Å². The summed E-state index contributed by atoms with van der Waals surface area (Å²) in [6, 6.07) is 11.8. The van der Waals surface area contributed by atoms with Crippen LogP contribution in [0, 0.1) is 5.82 Å². The van der Waals surface area contributed by atoms with Crippen LogP contribution in [0.1, 0.15) is 32.8 Å². The predicted octanol–water partition coefficient (Wildman–Crippen LogP) is 3.36. The van der Waals surface area contributed by atoms with Gasteiger partial charge in [-0.15, -0.1) is 0 Å². The third-order valence-corrected chi connectivity index (χ3v) is 6.72. The minimum absolute atomic E-state index is 0.0275. The van der Waals surface area contributed by atoms with Crippen molar-refractivity contribution in [1.29, 1.82) is 0 Å². The number of nitrogens with zero attached hydrogens (tertiary/aromatic N) is 1. The molecule has 0 aliphatic rings. The molecule has 0 aliphatic heterocycles. The molecule has 0 heterocycles. The number of benzene rings is 2. The number of aryl methyl sites for hydroxylation is 1. The van der Waals surface area contributed by atoms with Gasteiger partial charge in [0, 0.05) is 25.2 Å². The van der Waals surface area contributed by atoms with Gasteiger partial charge in [-0.25, -0.2) is 12.8 Å². The van der Waals surface area contributed by atoms with Crippen molar-refractivity contribution in [3.8, 4) is 0 Å². The van der Waals surface area contributed by atoms with Gasteiger partial charge in [-0.1, -0.05) is 32.0 Å². The van der Waals surface area contributed by atoms with Gasteiger partial charge in [0.1, 0.15) is 5.82 Å². The van der Waals surface area contributed by atoms with Gasteiger partial charge < -0.3 is 10.1 Å². The summed E-state index contributed by atoms with van der Waals surface area (Å²) in [6.45, 7) is 5.76. The van der Waals surface area contributed by atoms with E-state index in [9.17, 15) is 22.4 Å².